The zero-order chi connectivity index (χ0) is 18.7. The summed E-state index contributed by atoms with van der Waals surface area (Å²) in [4.78, 5) is 0. The van der Waals surface area contributed by atoms with Gasteiger partial charge in [0.05, 0.1) is 7.11 Å². The van der Waals surface area contributed by atoms with Crippen molar-refractivity contribution in [3.05, 3.63) is 23.7 Å². The van der Waals surface area contributed by atoms with Gasteiger partial charge in [-0.25, -0.2) is 0 Å². The fourth-order valence-corrected chi connectivity index (χ4v) is 2.99. The minimum Gasteiger partial charge on any atom is -0.501 e. The van der Waals surface area contributed by atoms with Crippen LogP contribution in [0.5, 0.6) is 0 Å². The zero-order valence-electron chi connectivity index (χ0n) is 16.9. The van der Waals surface area contributed by atoms with Gasteiger partial charge in [-0.15, -0.1) is 0 Å². The van der Waals surface area contributed by atoms with Crippen molar-refractivity contribution in [2.45, 2.75) is 78.4 Å². The van der Waals surface area contributed by atoms with Crippen LogP contribution in [0.4, 0.5) is 0 Å². The molecule has 1 aliphatic carbocycles. The van der Waals surface area contributed by atoms with Crippen LogP contribution in [0.3, 0.4) is 0 Å². The first kappa shape index (κ1) is 21.6. The third-order valence-corrected chi connectivity index (χ3v) is 4.73. The van der Waals surface area contributed by atoms with Gasteiger partial charge in [0.2, 0.25) is 0 Å². The topological polar surface area (TPSA) is 27.7 Å². The maximum absolute atomic E-state index is 6.14. The predicted molar refractivity (Wildman–Crippen MR) is 104 cm³/mol. The quantitative estimate of drug-likeness (QED) is 0.430. The van der Waals surface area contributed by atoms with Gasteiger partial charge in [-0.05, 0) is 50.2 Å². The Bertz CT molecular complexity index is 487. The van der Waals surface area contributed by atoms with Crippen LogP contribution < -0.4 is 0 Å². The molecule has 0 aromatic carbocycles. The largest absolute Gasteiger partial charge is 0.501 e. The molecule has 1 aliphatic rings. The van der Waals surface area contributed by atoms with Crippen molar-refractivity contribution in [2.24, 2.45) is 11.8 Å². The lowest BCUT2D eigenvalue weighted by Gasteiger charge is -2.24. The Balaban J connectivity index is 2.70. The van der Waals surface area contributed by atoms with Crippen LogP contribution in [0.25, 0.3) is 0 Å². The Hall–Kier alpha value is -1.40. The van der Waals surface area contributed by atoms with Gasteiger partial charge in [0.15, 0.2) is 5.76 Å². The van der Waals surface area contributed by atoms with E-state index in [1.54, 1.807) is 20.5 Å². The third-order valence-electron chi connectivity index (χ3n) is 4.73. The van der Waals surface area contributed by atoms with E-state index in [0.717, 1.165) is 17.9 Å². The highest BCUT2D eigenvalue weighted by Crippen LogP contribution is 2.25. The zero-order valence-corrected chi connectivity index (χ0v) is 16.9. The number of hydrogen-bond acceptors (Lipinski definition) is 3. The van der Waals surface area contributed by atoms with Gasteiger partial charge < -0.3 is 14.2 Å². The molecule has 25 heavy (non-hydrogen) atoms. The van der Waals surface area contributed by atoms with E-state index < -0.39 is 0 Å². The highest BCUT2D eigenvalue weighted by Gasteiger charge is 2.18. The van der Waals surface area contributed by atoms with E-state index in [9.17, 15) is 0 Å². The molecule has 0 amide bonds. The Labute approximate surface area is 154 Å². The average Bonchev–Trinajstić information content (AvgIpc) is 2.60. The number of ether oxygens (including phenoxy) is 3. The molecule has 1 saturated carbocycles. The molecule has 0 heterocycles. The minimum atomic E-state index is -0.146. The smallest absolute Gasteiger partial charge is 0.160 e. The molecule has 0 saturated heterocycles. The molecule has 0 bridgehead atoms. The first-order chi connectivity index (χ1) is 12.0. The Morgan fingerprint density at radius 2 is 1.80 bits per heavy atom. The lowest BCUT2D eigenvalue weighted by molar-refractivity contribution is 0.0317. The molecule has 0 spiro atoms. The first-order valence-electron chi connectivity index (χ1n) is 9.57. The van der Waals surface area contributed by atoms with Crippen LogP contribution in [0, 0.1) is 23.7 Å². The SMILES string of the molecule is CO/C=C(\OC(/C=C(\C)C#CCC1CCCCC1)C(C)C)C(C)OC. The van der Waals surface area contributed by atoms with Gasteiger partial charge in [-0.3, -0.25) is 0 Å². The van der Waals surface area contributed by atoms with Crippen LogP contribution in [-0.2, 0) is 14.2 Å². The maximum atomic E-state index is 6.14. The van der Waals surface area contributed by atoms with E-state index in [-0.39, 0.29) is 12.2 Å². The summed E-state index contributed by atoms with van der Waals surface area (Å²) in [6.07, 6.45) is 11.4. The summed E-state index contributed by atoms with van der Waals surface area (Å²) in [5.74, 6) is 8.51. The van der Waals surface area contributed by atoms with Crippen LogP contribution >= 0.6 is 0 Å². The highest BCUT2D eigenvalue weighted by atomic mass is 16.5. The van der Waals surface area contributed by atoms with E-state index in [4.69, 9.17) is 14.2 Å². The minimum absolute atomic E-state index is 0.0528. The van der Waals surface area contributed by atoms with Gasteiger partial charge in [0, 0.05) is 13.5 Å². The molecular weight excluding hydrogens is 312 g/mol. The van der Waals surface area contributed by atoms with Gasteiger partial charge in [-0.2, -0.15) is 0 Å². The van der Waals surface area contributed by atoms with Crippen molar-refractivity contribution in [1.82, 2.24) is 0 Å². The molecule has 3 nitrogen and oxygen atoms in total. The summed E-state index contributed by atoms with van der Waals surface area (Å²) in [5.41, 5.74) is 1.07. The lowest BCUT2D eigenvalue weighted by Crippen LogP contribution is -2.22. The lowest BCUT2D eigenvalue weighted by atomic mass is 9.87. The maximum Gasteiger partial charge on any atom is 0.160 e. The van der Waals surface area contributed by atoms with Crippen LogP contribution in [0.15, 0.2) is 23.7 Å². The van der Waals surface area contributed by atoms with E-state index in [2.05, 4.69) is 38.7 Å². The van der Waals surface area contributed by atoms with E-state index in [1.165, 1.54) is 32.1 Å². The normalized spacial score (nSPS) is 19.2. The summed E-state index contributed by atoms with van der Waals surface area (Å²) in [6, 6.07) is 0. The Kier molecular flexibility index (Phi) is 10.4. The molecule has 3 heteroatoms. The second-order valence-electron chi connectivity index (χ2n) is 7.32. The molecule has 0 aliphatic heterocycles. The molecule has 1 fully saturated rings. The van der Waals surface area contributed by atoms with Crippen LogP contribution in [0.2, 0.25) is 0 Å². The average molecular weight is 349 g/mol. The summed E-state index contributed by atoms with van der Waals surface area (Å²) >= 11 is 0. The van der Waals surface area contributed by atoms with Crippen LogP contribution in [0.1, 0.15) is 66.2 Å². The fourth-order valence-electron chi connectivity index (χ4n) is 2.99. The van der Waals surface area contributed by atoms with Gasteiger partial charge >= 0.3 is 0 Å². The van der Waals surface area contributed by atoms with Crippen molar-refractivity contribution in [2.75, 3.05) is 14.2 Å². The molecular formula is C22H36O3. The Morgan fingerprint density at radius 1 is 1.12 bits per heavy atom. The van der Waals surface area contributed by atoms with E-state index in [1.807, 2.05) is 6.92 Å². The number of methoxy groups -OCH3 is 2. The summed E-state index contributed by atoms with van der Waals surface area (Å²) in [7, 11) is 3.29. The van der Waals surface area contributed by atoms with Gasteiger partial charge in [0.25, 0.3) is 0 Å². The molecule has 2 atom stereocenters. The highest BCUT2D eigenvalue weighted by molar-refractivity contribution is 5.28. The van der Waals surface area contributed by atoms with Gasteiger partial charge in [0.1, 0.15) is 18.5 Å². The second-order valence-corrected chi connectivity index (χ2v) is 7.32. The van der Waals surface area contributed by atoms with E-state index >= 15 is 0 Å². The molecule has 0 aromatic heterocycles. The van der Waals surface area contributed by atoms with Gasteiger partial charge in [-0.1, -0.05) is 45.0 Å². The van der Waals surface area contributed by atoms with Crippen molar-refractivity contribution >= 4 is 0 Å². The number of allylic oxidation sites excluding steroid dienone is 1. The summed E-state index contributed by atoms with van der Waals surface area (Å²) < 4.78 is 16.6. The fraction of sp³-hybridized carbons (Fsp3) is 0.727. The standard InChI is InChI=1S/C22H36O3/c1-17(2)21(25-22(16-23-5)19(4)24-6)15-18(3)11-10-14-20-12-8-7-9-13-20/h15-17,19-21H,7-9,12-14H2,1-6H3/b18-15+,22-16-. The second kappa shape index (κ2) is 12.0. The molecule has 0 aromatic rings. The van der Waals surface area contributed by atoms with E-state index in [0.29, 0.717) is 11.7 Å². The molecule has 0 N–H and O–H groups in total. The van der Waals surface area contributed by atoms with Crippen molar-refractivity contribution in [3.63, 3.8) is 0 Å². The molecule has 2 unspecified atom stereocenters. The Morgan fingerprint density at radius 3 is 2.36 bits per heavy atom. The van der Waals surface area contributed by atoms with Crippen molar-refractivity contribution in [3.8, 4) is 11.8 Å². The molecule has 1 rings (SSSR count). The monoisotopic (exact) mass is 348 g/mol. The van der Waals surface area contributed by atoms with Crippen molar-refractivity contribution < 1.29 is 14.2 Å². The van der Waals surface area contributed by atoms with Crippen LogP contribution in [-0.4, -0.2) is 26.4 Å². The van der Waals surface area contributed by atoms with Crippen molar-refractivity contribution in [1.29, 1.82) is 0 Å². The first-order valence-corrected chi connectivity index (χ1v) is 9.57. The molecule has 142 valence electrons. The predicted octanol–water partition coefficient (Wildman–Crippen LogP) is 5.47. The number of rotatable bonds is 8. The summed E-state index contributed by atoms with van der Waals surface area (Å²) in [6.45, 7) is 8.30. The third kappa shape index (κ3) is 8.50. The summed E-state index contributed by atoms with van der Waals surface area (Å²) in [5, 5.41) is 0. The molecule has 0 radical (unpaired) electrons. The number of hydrogen-bond donors (Lipinski definition) is 0.